The van der Waals surface area contributed by atoms with E-state index in [0.29, 0.717) is 10.1 Å². The quantitative estimate of drug-likeness (QED) is 0.171. The van der Waals surface area contributed by atoms with Crippen molar-refractivity contribution in [2.45, 2.75) is 38.5 Å². The fourth-order valence-corrected chi connectivity index (χ4v) is 3.43. The molecule has 7 amide bonds. The van der Waals surface area contributed by atoms with Crippen LogP contribution in [0.1, 0.15) is 38.5 Å². The summed E-state index contributed by atoms with van der Waals surface area (Å²) in [7, 11) is 0. The molecule has 0 aromatic rings. The van der Waals surface area contributed by atoms with E-state index in [1.54, 1.807) is 11.8 Å². The van der Waals surface area contributed by atoms with Crippen LogP contribution in [0, 0.1) is 30.6 Å². The van der Waals surface area contributed by atoms with Crippen molar-refractivity contribution in [3.63, 3.8) is 0 Å². The number of terminal acetylenes is 2. The maximum Gasteiger partial charge on any atom is 0.334 e. The van der Waals surface area contributed by atoms with Gasteiger partial charge in [-0.25, -0.2) is 9.59 Å². The topological polar surface area (TPSA) is 206 Å². The number of amides is 7. The molecule has 0 atom stereocenters. The monoisotopic (exact) mass is 559 g/mol. The molecule has 40 heavy (non-hydrogen) atoms. The van der Waals surface area contributed by atoms with Gasteiger partial charge in [0.05, 0.1) is 18.8 Å². The van der Waals surface area contributed by atoms with E-state index in [0.717, 1.165) is 4.90 Å². The molecule has 2 saturated heterocycles. The Labute approximate surface area is 227 Å². The predicted molar refractivity (Wildman–Crippen MR) is 127 cm³/mol. The van der Waals surface area contributed by atoms with Crippen molar-refractivity contribution in [3.05, 3.63) is 0 Å². The predicted octanol–water partition coefficient (Wildman–Crippen LogP) is -3.08. The molecule has 0 aliphatic carbocycles. The molecule has 2 rings (SSSR count). The van der Waals surface area contributed by atoms with Crippen LogP contribution in [-0.4, -0.2) is 94.5 Å². The highest BCUT2D eigenvalue weighted by atomic mass is 16.7. The maximum absolute atomic E-state index is 13.3. The lowest BCUT2D eigenvalue weighted by atomic mass is 10.1. The highest BCUT2D eigenvalue weighted by molar-refractivity contribution is 6.02. The Balaban J connectivity index is 2.13. The van der Waals surface area contributed by atoms with Gasteiger partial charge in [0.1, 0.15) is 0 Å². The van der Waals surface area contributed by atoms with Crippen LogP contribution >= 0.6 is 0 Å². The molecular formula is C24H25N5O11. The van der Waals surface area contributed by atoms with Gasteiger partial charge < -0.3 is 25.2 Å². The second kappa shape index (κ2) is 14.6. The number of nitrogens with zero attached hydrogens (tertiary/aromatic N) is 3. The van der Waals surface area contributed by atoms with Gasteiger partial charge in [-0.3, -0.25) is 33.6 Å². The molecule has 2 aliphatic rings. The van der Waals surface area contributed by atoms with Gasteiger partial charge in [0.2, 0.25) is 5.91 Å². The summed E-state index contributed by atoms with van der Waals surface area (Å²) in [5, 5.41) is 5.21. The zero-order chi connectivity index (χ0) is 29.8. The summed E-state index contributed by atoms with van der Waals surface area (Å²) >= 11 is 0. The Morgan fingerprint density at radius 2 is 1.07 bits per heavy atom. The second-order valence-corrected chi connectivity index (χ2v) is 8.32. The van der Waals surface area contributed by atoms with Crippen molar-refractivity contribution < 1.29 is 52.8 Å². The SMILES string of the molecule is C#CC(=O)NCC(CNC(=O)C#C)C(=O)N(CCC(=O)ON1C(=O)CCC1=O)CCC(=O)ON1C(=O)CCC1=O. The van der Waals surface area contributed by atoms with Crippen LogP contribution in [0.15, 0.2) is 0 Å². The Kier molecular flexibility index (Phi) is 11.3. The number of imide groups is 2. The van der Waals surface area contributed by atoms with Crippen molar-refractivity contribution >= 4 is 53.3 Å². The van der Waals surface area contributed by atoms with Crippen LogP contribution in [0.5, 0.6) is 0 Å². The molecule has 212 valence electrons. The lowest BCUT2D eigenvalue weighted by Gasteiger charge is -2.27. The molecule has 0 radical (unpaired) electrons. The van der Waals surface area contributed by atoms with E-state index in [1.165, 1.54) is 0 Å². The first-order valence-corrected chi connectivity index (χ1v) is 11.9. The maximum atomic E-state index is 13.3. The molecule has 2 fully saturated rings. The van der Waals surface area contributed by atoms with E-state index in [1.807, 2.05) is 0 Å². The Morgan fingerprint density at radius 1 is 0.725 bits per heavy atom. The van der Waals surface area contributed by atoms with Crippen LogP contribution in [-0.2, 0) is 52.8 Å². The average molecular weight is 559 g/mol. The third kappa shape index (κ3) is 8.95. The van der Waals surface area contributed by atoms with E-state index >= 15 is 0 Å². The number of nitrogens with one attached hydrogen (secondary N) is 2. The summed E-state index contributed by atoms with van der Waals surface area (Å²) < 4.78 is 0. The Bertz CT molecular complexity index is 1080. The molecule has 0 spiro atoms. The van der Waals surface area contributed by atoms with Gasteiger partial charge in [-0.15, -0.1) is 23.0 Å². The smallest absolute Gasteiger partial charge is 0.334 e. The molecule has 0 bridgehead atoms. The molecule has 0 aromatic carbocycles. The number of rotatable bonds is 13. The van der Waals surface area contributed by atoms with Crippen LogP contribution in [0.25, 0.3) is 0 Å². The summed E-state index contributed by atoms with van der Waals surface area (Å²) in [6, 6.07) is 0. The van der Waals surface area contributed by atoms with Crippen molar-refractivity contribution in [1.82, 2.24) is 25.7 Å². The summed E-state index contributed by atoms with van der Waals surface area (Å²) in [6.45, 7) is -1.56. The summed E-state index contributed by atoms with van der Waals surface area (Å²) in [5.41, 5.74) is 0. The van der Waals surface area contributed by atoms with E-state index in [4.69, 9.17) is 22.5 Å². The average Bonchev–Trinajstić information content (AvgIpc) is 3.42. The highest BCUT2D eigenvalue weighted by Gasteiger charge is 2.35. The van der Waals surface area contributed by atoms with Gasteiger partial charge in [0, 0.05) is 51.9 Å². The van der Waals surface area contributed by atoms with Crippen molar-refractivity contribution in [1.29, 1.82) is 0 Å². The van der Waals surface area contributed by atoms with Crippen LogP contribution in [0.4, 0.5) is 0 Å². The van der Waals surface area contributed by atoms with E-state index in [-0.39, 0.29) is 38.8 Å². The van der Waals surface area contributed by atoms with Gasteiger partial charge in [-0.1, -0.05) is 0 Å². The van der Waals surface area contributed by atoms with E-state index in [9.17, 15) is 43.2 Å². The summed E-state index contributed by atoms with van der Waals surface area (Å²) in [4.78, 5) is 118. The molecule has 2 aliphatic heterocycles. The van der Waals surface area contributed by atoms with Crippen molar-refractivity contribution in [2.75, 3.05) is 26.2 Å². The lowest BCUT2D eigenvalue weighted by Crippen LogP contribution is -2.47. The normalized spacial score (nSPS) is 14.5. The Hall–Kier alpha value is -5.25. The molecule has 16 nitrogen and oxygen atoms in total. The lowest BCUT2D eigenvalue weighted by molar-refractivity contribution is -0.198. The molecule has 0 unspecified atom stereocenters. The van der Waals surface area contributed by atoms with E-state index < -0.39 is 85.1 Å². The minimum atomic E-state index is -1.18. The van der Waals surface area contributed by atoms with Crippen molar-refractivity contribution in [2.24, 2.45) is 5.92 Å². The van der Waals surface area contributed by atoms with Gasteiger partial charge in [0.25, 0.3) is 35.4 Å². The Morgan fingerprint density at radius 3 is 1.40 bits per heavy atom. The number of hydrogen-bond acceptors (Lipinski definition) is 11. The molecule has 0 aromatic heterocycles. The van der Waals surface area contributed by atoms with Gasteiger partial charge in [0.15, 0.2) is 0 Å². The second-order valence-electron chi connectivity index (χ2n) is 8.32. The molecule has 16 heteroatoms. The zero-order valence-electron chi connectivity index (χ0n) is 21.1. The number of carbonyl (C=O) groups is 9. The fraction of sp³-hybridized carbons (Fsp3) is 0.458. The van der Waals surface area contributed by atoms with Crippen LogP contribution in [0.3, 0.4) is 0 Å². The first kappa shape index (κ1) is 31.0. The highest BCUT2D eigenvalue weighted by Crippen LogP contribution is 2.15. The standard InChI is InChI=1S/C24H25N5O11/c1-3-16(30)25-13-15(14-26-17(31)4-2)24(38)27(11-9-22(36)39-28-18(32)5-6-19(28)33)12-10-23(37)40-29-20(34)7-8-21(29)35/h1-2,15H,5-14H2,(H,25,30)(H,26,31). The molecular weight excluding hydrogens is 534 g/mol. The fourth-order valence-electron chi connectivity index (χ4n) is 3.43. The number of carbonyl (C=O) groups excluding carboxylic acids is 9. The van der Waals surface area contributed by atoms with E-state index in [2.05, 4.69) is 10.6 Å². The largest absolute Gasteiger partial charge is 0.344 e. The van der Waals surface area contributed by atoms with Crippen molar-refractivity contribution in [3.8, 4) is 24.7 Å². The van der Waals surface area contributed by atoms with Gasteiger partial charge in [-0.2, -0.15) is 0 Å². The zero-order valence-corrected chi connectivity index (χ0v) is 21.1. The van der Waals surface area contributed by atoms with Gasteiger partial charge >= 0.3 is 11.9 Å². The van der Waals surface area contributed by atoms with Crippen LogP contribution < -0.4 is 10.6 Å². The number of hydroxylamine groups is 4. The first-order chi connectivity index (χ1) is 19.0. The minimum Gasteiger partial charge on any atom is -0.344 e. The molecule has 0 saturated carbocycles. The van der Waals surface area contributed by atoms with Gasteiger partial charge in [-0.05, 0) is 11.8 Å². The molecule has 2 N–H and O–H groups in total. The third-order valence-corrected chi connectivity index (χ3v) is 5.51. The molecule has 2 heterocycles. The third-order valence-electron chi connectivity index (χ3n) is 5.51. The van der Waals surface area contributed by atoms with Crippen LogP contribution in [0.2, 0.25) is 0 Å². The summed E-state index contributed by atoms with van der Waals surface area (Å²) in [6.07, 6.45) is 8.43. The summed E-state index contributed by atoms with van der Waals surface area (Å²) in [5.74, 6) is -5.05. The first-order valence-electron chi connectivity index (χ1n) is 11.9. The minimum absolute atomic E-state index is 0.130. The number of hydrogen-bond donors (Lipinski definition) is 2.